The van der Waals surface area contributed by atoms with E-state index in [-0.39, 0.29) is 6.42 Å². The molecule has 3 nitrogen and oxygen atoms in total. The second-order valence-corrected chi connectivity index (χ2v) is 5.37. The smallest absolute Gasteiger partial charge is 0.303 e. The summed E-state index contributed by atoms with van der Waals surface area (Å²) in [7, 11) is 0. The van der Waals surface area contributed by atoms with Crippen molar-refractivity contribution in [3.63, 3.8) is 0 Å². The van der Waals surface area contributed by atoms with Gasteiger partial charge in [-0.3, -0.25) is 4.79 Å². The third-order valence-electron chi connectivity index (χ3n) is 2.67. The minimum absolute atomic E-state index is 0.266. The van der Waals surface area contributed by atoms with Crippen LogP contribution in [0.1, 0.15) is 29.8 Å². The van der Waals surface area contributed by atoms with Gasteiger partial charge in [0.25, 0.3) is 0 Å². The SMILES string of the molecule is Cc1nc2ccc(CCCCC(=O)O)cc2s1. The van der Waals surface area contributed by atoms with E-state index >= 15 is 0 Å². The highest BCUT2D eigenvalue weighted by Gasteiger charge is 2.02. The zero-order valence-electron chi connectivity index (χ0n) is 9.77. The maximum Gasteiger partial charge on any atom is 0.303 e. The van der Waals surface area contributed by atoms with Crippen molar-refractivity contribution >= 4 is 27.5 Å². The number of aliphatic carboxylic acids is 1. The second kappa shape index (κ2) is 5.27. The first-order chi connectivity index (χ1) is 8.15. The summed E-state index contributed by atoms with van der Waals surface area (Å²) in [6, 6.07) is 6.30. The lowest BCUT2D eigenvalue weighted by molar-refractivity contribution is -0.137. The monoisotopic (exact) mass is 249 g/mol. The summed E-state index contributed by atoms with van der Waals surface area (Å²) in [6.07, 6.45) is 2.88. The predicted octanol–water partition coefficient (Wildman–Crippen LogP) is 3.40. The molecule has 1 heterocycles. The Morgan fingerprint density at radius 3 is 3.00 bits per heavy atom. The van der Waals surface area contributed by atoms with E-state index in [1.165, 1.54) is 10.3 Å². The van der Waals surface area contributed by atoms with E-state index in [0.29, 0.717) is 0 Å². The first-order valence-corrected chi connectivity index (χ1v) is 6.54. The Kier molecular flexibility index (Phi) is 3.74. The van der Waals surface area contributed by atoms with Crippen molar-refractivity contribution in [3.8, 4) is 0 Å². The number of rotatable bonds is 5. The van der Waals surface area contributed by atoms with Gasteiger partial charge in [-0.25, -0.2) is 4.98 Å². The normalized spacial score (nSPS) is 10.9. The third-order valence-corrected chi connectivity index (χ3v) is 3.60. The fourth-order valence-corrected chi connectivity index (χ4v) is 2.74. The van der Waals surface area contributed by atoms with Gasteiger partial charge in [-0.2, -0.15) is 0 Å². The van der Waals surface area contributed by atoms with Crippen LogP contribution >= 0.6 is 11.3 Å². The zero-order chi connectivity index (χ0) is 12.3. The number of aromatic nitrogens is 1. The van der Waals surface area contributed by atoms with E-state index in [1.54, 1.807) is 11.3 Å². The number of carbonyl (C=O) groups is 1. The highest BCUT2D eigenvalue weighted by molar-refractivity contribution is 7.18. The molecule has 1 aromatic carbocycles. The molecule has 0 radical (unpaired) electrons. The number of fused-ring (bicyclic) bond motifs is 1. The maximum atomic E-state index is 10.4. The summed E-state index contributed by atoms with van der Waals surface area (Å²) >= 11 is 1.71. The molecule has 0 bridgehead atoms. The Bertz CT molecular complexity index is 533. The van der Waals surface area contributed by atoms with Gasteiger partial charge in [-0.1, -0.05) is 6.07 Å². The van der Waals surface area contributed by atoms with Crippen molar-refractivity contribution in [2.24, 2.45) is 0 Å². The van der Waals surface area contributed by atoms with Crippen LogP contribution in [-0.4, -0.2) is 16.1 Å². The summed E-state index contributed by atoms with van der Waals surface area (Å²) < 4.78 is 1.22. The largest absolute Gasteiger partial charge is 0.481 e. The van der Waals surface area contributed by atoms with Gasteiger partial charge in [0.15, 0.2) is 0 Å². The number of hydrogen-bond donors (Lipinski definition) is 1. The van der Waals surface area contributed by atoms with Gasteiger partial charge >= 0.3 is 5.97 Å². The Labute approximate surface area is 104 Å². The molecule has 0 aliphatic carbocycles. The highest BCUT2D eigenvalue weighted by Crippen LogP contribution is 2.23. The van der Waals surface area contributed by atoms with E-state index in [4.69, 9.17) is 5.11 Å². The van der Waals surface area contributed by atoms with Crippen molar-refractivity contribution < 1.29 is 9.90 Å². The van der Waals surface area contributed by atoms with Crippen LogP contribution in [-0.2, 0) is 11.2 Å². The van der Waals surface area contributed by atoms with Crippen molar-refractivity contribution in [1.29, 1.82) is 0 Å². The van der Waals surface area contributed by atoms with Gasteiger partial charge in [-0.05, 0) is 43.9 Å². The van der Waals surface area contributed by atoms with Crippen LogP contribution in [0, 0.1) is 6.92 Å². The summed E-state index contributed by atoms with van der Waals surface area (Å²) in [5, 5.41) is 9.63. The second-order valence-electron chi connectivity index (χ2n) is 4.14. The molecule has 0 atom stereocenters. The number of carboxylic acids is 1. The number of hydrogen-bond acceptors (Lipinski definition) is 3. The zero-order valence-corrected chi connectivity index (χ0v) is 10.6. The number of aryl methyl sites for hydroxylation is 2. The summed E-state index contributed by atoms with van der Waals surface area (Å²) in [6.45, 7) is 2.01. The molecule has 0 aliphatic rings. The molecule has 4 heteroatoms. The quantitative estimate of drug-likeness (QED) is 0.826. The average Bonchev–Trinajstić information content (AvgIpc) is 2.63. The lowest BCUT2D eigenvalue weighted by Crippen LogP contribution is -1.94. The average molecular weight is 249 g/mol. The molecule has 0 aliphatic heterocycles. The summed E-state index contributed by atoms with van der Waals surface area (Å²) in [5.74, 6) is -0.710. The van der Waals surface area contributed by atoms with Crippen molar-refractivity contribution in [3.05, 3.63) is 28.8 Å². The Hall–Kier alpha value is -1.42. The molecule has 0 amide bonds. The summed E-state index contributed by atoms with van der Waals surface area (Å²) in [5.41, 5.74) is 2.33. The van der Waals surface area contributed by atoms with Gasteiger partial charge in [-0.15, -0.1) is 11.3 Å². The fraction of sp³-hybridized carbons (Fsp3) is 0.385. The van der Waals surface area contributed by atoms with Crippen molar-refractivity contribution in [1.82, 2.24) is 4.98 Å². The number of thiazole rings is 1. The molecule has 17 heavy (non-hydrogen) atoms. The standard InChI is InChI=1S/C13H15NO2S/c1-9-14-11-7-6-10(8-12(11)17-9)4-2-3-5-13(15)16/h6-8H,2-5H2,1H3,(H,15,16). The Morgan fingerprint density at radius 2 is 2.24 bits per heavy atom. The lowest BCUT2D eigenvalue weighted by atomic mass is 10.1. The molecule has 0 fully saturated rings. The van der Waals surface area contributed by atoms with Crippen LogP contribution in [0.2, 0.25) is 0 Å². The molecule has 1 aromatic heterocycles. The predicted molar refractivity (Wildman–Crippen MR) is 69.5 cm³/mol. The number of carboxylic acid groups (broad SMARTS) is 1. The molecule has 90 valence electrons. The molecule has 0 saturated carbocycles. The van der Waals surface area contributed by atoms with Crippen LogP contribution < -0.4 is 0 Å². The third kappa shape index (κ3) is 3.27. The maximum absolute atomic E-state index is 10.4. The van der Waals surface area contributed by atoms with E-state index in [1.807, 2.05) is 13.0 Å². The van der Waals surface area contributed by atoms with Gasteiger partial charge < -0.3 is 5.11 Å². The molecule has 0 spiro atoms. The fourth-order valence-electron chi connectivity index (χ4n) is 1.85. The van der Waals surface area contributed by atoms with E-state index < -0.39 is 5.97 Å². The number of benzene rings is 1. The van der Waals surface area contributed by atoms with Crippen LogP contribution in [0.5, 0.6) is 0 Å². The number of unbranched alkanes of at least 4 members (excludes halogenated alkanes) is 1. The van der Waals surface area contributed by atoms with Gasteiger partial charge in [0.05, 0.1) is 15.2 Å². The minimum Gasteiger partial charge on any atom is -0.481 e. The van der Waals surface area contributed by atoms with Gasteiger partial charge in [0, 0.05) is 6.42 Å². The topological polar surface area (TPSA) is 50.2 Å². The lowest BCUT2D eigenvalue weighted by Gasteiger charge is -2.00. The molecule has 1 N–H and O–H groups in total. The molecule has 0 saturated heterocycles. The van der Waals surface area contributed by atoms with E-state index in [9.17, 15) is 4.79 Å². The molecular weight excluding hydrogens is 234 g/mol. The van der Waals surface area contributed by atoms with Crippen LogP contribution in [0.25, 0.3) is 10.2 Å². The van der Waals surface area contributed by atoms with Crippen LogP contribution in [0.15, 0.2) is 18.2 Å². The highest BCUT2D eigenvalue weighted by atomic mass is 32.1. The van der Waals surface area contributed by atoms with Crippen LogP contribution in [0.3, 0.4) is 0 Å². The Morgan fingerprint density at radius 1 is 1.41 bits per heavy atom. The van der Waals surface area contributed by atoms with Crippen molar-refractivity contribution in [2.45, 2.75) is 32.6 Å². The molecule has 2 aromatic rings. The van der Waals surface area contributed by atoms with Crippen molar-refractivity contribution in [2.75, 3.05) is 0 Å². The van der Waals surface area contributed by atoms with Gasteiger partial charge in [0.2, 0.25) is 0 Å². The summed E-state index contributed by atoms with van der Waals surface area (Å²) in [4.78, 5) is 14.8. The van der Waals surface area contributed by atoms with E-state index in [0.717, 1.165) is 29.8 Å². The number of nitrogens with zero attached hydrogens (tertiary/aromatic N) is 1. The molecule has 2 rings (SSSR count). The first-order valence-electron chi connectivity index (χ1n) is 5.73. The molecule has 0 unspecified atom stereocenters. The first kappa shape index (κ1) is 12.0. The van der Waals surface area contributed by atoms with E-state index in [2.05, 4.69) is 17.1 Å². The molecular formula is C13H15NO2S. The Balaban J connectivity index is 1.96. The van der Waals surface area contributed by atoms with Crippen LogP contribution in [0.4, 0.5) is 0 Å². The van der Waals surface area contributed by atoms with Gasteiger partial charge in [0.1, 0.15) is 0 Å². The minimum atomic E-state index is -0.710.